The molecule has 0 bridgehead atoms. The van der Waals surface area contributed by atoms with Crippen LogP contribution in [0, 0.1) is 0 Å². The molecule has 0 unspecified atom stereocenters. The number of carbonyl (C=O) groups excluding carboxylic acids is 1. The molecule has 0 heterocycles. The zero-order valence-corrected chi connectivity index (χ0v) is 12.1. The number of ether oxygens (including phenoxy) is 1. The summed E-state index contributed by atoms with van der Waals surface area (Å²) in [7, 11) is 1.07. The van der Waals surface area contributed by atoms with Gasteiger partial charge in [0.2, 0.25) is 0 Å². The maximum atomic E-state index is 12.1. The lowest BCUT2D eigenvalue weighted by Gasteiger charge is -2.20. The van der Waals surface area contributed by atoms with Crippen molar-refractivity contribution in [2.24, 2.45) is 0 Å². The maximum Gasteiger partial charge on any atom is 0.406 e. The minimum Gasteiger partial charge on any atom is -0.484 e. The Morgan fingerprint density at radius 2 is 1.76 bits per heavy atom. The van der Waals surface area contributed by atoms with Gasteiger partial charge in [-0.25, -0.2) is 0 Å². The first kappa shape index (κ1) is 17.3. The lowest BCUT2D eigenvalue weighted by Crippen LogP contribution is -2.38. The Morgan fingerprint density at radius 1 is 1.24 bits per heavy atom. The predicted octanol–water partition coefficient (Wildman–Crippen LogP) is 2.31. The summed E-state index contributed by atoms with van der Waals surface area (Å²) in [4.78, 5) is 12.0. The first-order valence-corrected chi connectivity index (χ1v) is 6.25. The highest BCUT2D eigenvalue weighted by Crippen LogP contribution is 2.22. The molecular formula is C14H18F3NO3. The number of carbonyl (C=O) groups is 1. The Morgan fingerprint density at radius 3 is 2.19 bits per heavy atom. The van der Waals surface area contributed by atoms with Crippen LogP contribution in [-0.2, 0) is 10.4 Å². The lowest BCUT2D eigenvalue weighted by atomic mass is 9.99. The van der Waals surface area contributed by atoms with E-state index in [-0.39, 0.29) is 0 Å². The van der Waals surface area contributed by atoms with E-state index >= 15 is 0 Å². The number of likely N-dealkylation sites (N-methyl/N-ethyl adjacent to an activating group) is 1. The molecule has 4 nitrogen and oxygen atoms in total. The Labute approximate surface area is 121 Å². The Balaban J connectivity index is 2.54. The van der Waals surface area contributed by atoms with E-state index in [1.54, 1.807) is 38.1 Å². The fraction of sp³-hybridized carbons (Fsp3) is 0.500. The molecule has 0 atom stereocenters. The highest BCUT2D eigenvalue weighted by molar-refractivity contribution is 5.77. The van der Waals surface area contributed by atoms with Crippen LogP contribution in [0.25, 0.3) is 0 Å². The van der Waals surface area contributed by atoms with Gasteiger partial charge in [-0.05, 0) is 31.5 Å². The largest absolute Gasteiger partial charge is 0.484 e. The third-order valence-corrected chi connectivity index (χ3v) is 2.77. The Kier molecular flexibility index (Phi) is 5.22. The van der Waals surface area contributed by atoms with Crippen molar-refractivity contribution in [2.45, 2.75) is 25.6 Å². The molecule has 1 amide bonds. The van der Waals surface area contributed by atoms with Gasteiger partial charge < -0.3 is 14.7 Å². The monoisotopic (exact) mass is 305 g/mol. The Bertz CT molecular complexity index is 478. The molecule has 118 valence electrons. The summed E-state index contributed by atoms with van der Waals surface area (Å²) in [6, 6.07) is 6.34. The number of nitrogens with zero attached hydrogens (tertiary/aromatic N) is 1. The van der Waals surface area contributed by atoms with E-state index in [2.05, 4.69) is 0 Å². The van der Waals surface area contributed by atoms with Crippen molar-refractivity contribution in [3.8, 4) is 5.75 Å². The first-order chi connectivity index (χ1) is 9.49. The normalized spacial score (nSPS) is 12.1. The van der Waals surface area contributed by atoms with E-state index in [0.29, 0.717) is 16.2 Å². The molecule has 0 fully saturated rings. The summed E-state index contributed by atoms with van der Waals surface area (Å²) in [6.45, 7) is 1.46. The summed E-state index contributed by atoms with van der Waals surface area (Å²) in [5.41, 5.74) is -0.336. The van der Waals surface area contributed by atoms with E-state index in [9.17, 15) is 23.1 Å². The number of hydrogen-bond acceptors (Lipinski definition) is 3. The van der Waals surface area contributed by atoms with Crippen LogP contribution in [0.5, 0.6) is 5.75 Å². The van der Waals surface area contributed by atoms with Crippen LogP contribution in [0.15, 0.2) is 24.3 Å². The molecule has 0 aliphatic rings. The molecule has 21 heavy (non-hydrogen) atoms. The molecule has 0 saturated heterocycles. The van der Waals surface area contributed by atoms with Gasteiger partial charge in [-0.1, -0.05) is 12.1 Å². The minimum absolute atomic E-state index is 0.344. The van der Waals surface area contributed by atoms with Gasteiger partial charge in [0.05, 0.1) is 5.60 Å². The molecule has 1 aromatic rings. The topological polar surface area (TPSA) is 49.8 Å². The van der Waals surface area contributed by atoms with Crippen LogP contribution < -0.4 is 4.74 Å². The standard InChI is InChI=1S/C14H18F3NO3/c1-13(2,20)10-4-6-11(7-5-10)21-8-12(19)18(3)9-14(15,16)17/h4-7,20H,8-9H2,1-3H3. The van der Waals surface area contributed by atoms with Gasteiger partial charge in [0, 0.05) is 7.05 Å². The summed E-state index contributed by atoms with van der Waals surface area (Å²) < 4.78 is 41.5. The smallest absolute Gasteiger partial charge is 0.406 e. The quantitative estimate of drug-likeness (QED) is 0.908. The van der Waals surface area contributed by atoms with Crippen LogP contribution in [0.3, 0.4) is 0 Å². The van der Waals surface area contributed by atoms with Gasteiger partial charge in [-0.3, -0.25) is 4.79 Å². The summed E-state index contributed by atoms with van der Waals surface area (Å²) >= 11 is 0. The van der Waals surface area contributed by atoms with E-state index in [1.165, 1.54) is 0 Å². The SMILES string of the molecule is CN(CC(F)(F)F)C(=O)COc1ccc(C(C)(C)O)cc1. The van der Waals surface area contributed by atoms with Crippen molar-refractivity contribution in [3.63, 3.8) is 0 Å². The number of aliphatic hydroxyl groups is 1. The maximum absolute atomic E-state index is 12.1. The van der Waals surface area contributed by atoms with E-state index < -0.39 is 30.8 Å². The molecule has 0 radical (unpaired) electrons. The average molecular weight is 305 g/mol. The van der Waals surface area contributed by atoms with Crippen molar-refractivity contribution in [2.75, 3.05) is 20.2 Å². The van der Waals surface area contributed by atoms with Gasteiger partial charge in [-0.15, -0.1) is 0 Å². The second-order valence-corrected chi connectivity index (χ2v) is 5.24. The van der Waals surface area contributed by atoms with Gasteiger partial charge >= 0.3 is 6.18 Å². The number of hydrogen-bond donors (Lipinski definition) is 1. The highest BCUT2D eigenvalue weighted by atomic mass is 19.4. The number of benzene rings is 1. The van der Waals surface area contributed by atoms with Crippen molar-refractivity contribution < 1.29 is 27.8 Å². The van der Waals surface area contributed by atoms with Crippen molar-refractivity contribution in [3.05, 3.63) is 29.8 Å². The number of amides is 1. The number of rotatable bonds is 5. The fourth-order valence-corrected chi connectivity index (χ4v) is 1.57. The zero-order chi connectivity index (χ0) is 16.3. The molecule has 0 saturated carbocycles. The molecular weight excluding hydrogens is 287 g/mol. The Hall–Kier alpha value is -1.76. The van der Waals surface area contributed by atoms with Crippen LogP contribution in [0.2, 0.25) is 0 Å². The van der Waals surface area contributed by atoms with Crippen LogP contribution in [0.1, 0.15) is 19.4 Å². The van der Waals surface area contributed by atoms with Gasteiger partial charge in [-0.2, -0.15) is 13.2 Å². The van der Waals surface area contributed by atoms with Gasteiger partial charge in [0.1, 0.15) is 12.3 Å². The molecule has 0 aliphatic carbocycles. The van der Waals surface area contributed by atoms with Crippen molar-refractivity contribution in [1.29, 1.82) is 0 Å². The average Bonchev–Trinajstić information content (AvgIpc) is 2.33. The second kappa shape index (κ2) is 6.34. The molecule has 0 aliphatic heterocycles. The molecule has 1 rings (SSSR count). The highest BCUT2D eigenvalue weighted by Gasteiger charge is 2.31. The molecule has 1 N–H and O–H groups in total. The van der Waals surface area contributed by atoms with Crippen LogP contribution in [-0.4, -0.2) is 42.3 Å². The van der Waals surface area contributed by atoms with E-state index in [1.807, 2.05) is 0 Å². The zero-order valence-electron chi connectivity index (χ0n) is 12.1. The molecule has 7 heteroatoms. The third kappa shape index (κ3) is 6.03. The van der Waals surface area contributed by atoms with Crippen molar-refractivity contribution >= 4 is 5.91 Å². The number of alkyl halides is 3. The fourth-order valence-electron chi connectivity index (χ4n) is 1.57. The van der Waals surface area contributed by atoms with E-state index in [4.69, 9.17) is 4.74 Å². The van der Waals surface area contributed by atoms with Crippen LogP contribution >= 0.6 is 0 Å². The predicted molar refractivity (Wildman–Crippen MR) is 70.9 cm³/mol. The van der Waals surface area contributed by atoms with E-state index in [0.717, 1.165) is 7.05 Å². The molecule has 0 spiro atoms. The van der Waals surface area contributed by atoms with Gasteiger partial charge in [0.25, 0.3) is 5.91 Å². The summed E-state index contributed by atoms with van der Waals surface area (Å²) in [6.07, 6.45) is -4.43. The first-order valence-electron chi connectivity index (χ1n) is 6.25. The third-order valence-electron chi connectivity index (χ3n) is 2.77. The molecule has 1 aromatic carbocycles. The molecule has 0 aromatic heterocycles. The lowest BCUT2D eigenvalue weighted by molar-refractivity contribution is -0.159. The summed E-state index contributed by atoms with van der Waals surface area (Å²) in [5.74, 6) is -0.421. The minimum atomic E-state index is -4.43. The second-order valence-electron chi connectivity index (χ2n) is 5.24. The van der Waals surface area contributed by atoms with Crippen LogP contribution in [0.4, 0.5) is 13.2 Å². The summed E-state index contributed by atoms with van der Waals surface area (Å²) in [5, 5.41) is 9.77. The number of halogens is 3. The van der Waals surface area contributed by atoms with Crippen molar-refractivity contribution in [1.82, 2.24) is 4.90 Å². The van der Waals surface area contributed by atoms with Gasteiger partial charge in [0.15, 0.2) is 6.61 Å².